The van der Waals surface area contributed by atoms with Gasteiger partial charge in [-0.05, 0) is 39.8 Å². The van der Waals surface area contributed by atoms with Crippen molar-refractivity contribution in [2.45, 2.75) is 32.7 Å². The van der Waals surface area contributed by atoms with Gasteiger partial charge in [0, 0.05) is 29.9 Å². The molecule has 0 radical (unpaired) electrons. The lowest BCUT2D eigenvalue weighted by molar-refractivity contribution is -0.384. The Morgan fingerprint density at radius 2 is 2.00 bits per heavy atom. The van der Waals surface area contributed by atoms with Crippen LogP contribution in [-0.2, 0) is 4.79 Å². The minimum absolute atomic E-state index is 0.00124. The highest BCUT2D eigenvalue weighted by Gasteiger charge is 2.08. The lowest BCUT2D eigenvalue weighted by Gasteiger charge is -2.20. The molecular formula is C15H24N4O3. The van der Waals surface area contributed by atoms with E-state index >= 15 is 0 Å². The van der Waals surface area contributed by atoms with Crippen molar-refractivity contribution in [3.8, 4) is 0 Å². The Morgan fingerprint density at radius 3 is 2.64 bits per heavy atom. The summed E-state index contributed by atoms with van der Waals surface area (Å²) in [7, 11) is 0. The van der Waals surface area contributed by atoms with Gasteiger partial charge in [0.1, 0.15) is 0 Å². The lowest BCUT2D eigenvalue weighted by Crippen LogP contribution is -2.38. The molecule has 1 aromatic rings. The summed E-state index contributed by atoms with van der Waals surface area (Å²) >= 11 is 0. The summed E-state index contributed by atoms with van der Waals surface area (Å²) in [5.41, 5.74) is 0.630. The molecule has 0 atom stereocenters. The SMILES string of the molecule is CC(C)(C)NCCCNC(=O)CNc1cccc([N+](=O)[O-])c1. The van der Waals surface area contributed by atoms with Crippen LogP contribution >= 0.6 is 0 Å². The van der Waals surface area contributed by atoms with Gasteiger partial charge in [-0.2, -0.15) is 0 Å². The molecule has 0 aliphatic rings. The molecule has 0 aliphatic carbocycles. The molecule has 0 spiro atoms. The van der Waals surface area contributed by atoms with Crippen LogP contribution in [0.2, 0.25) is 0 Å². The van der Waals surface area contributed by atoms with Gasteiger partial charge in [0.05, 0.1) is 11.5 Å². The molecule has 1 amide bonds. The van der Waals surface area contributed by atoms with Gasteiger partial charge in [0.2, 0.25) is 5.91 Å². The predicted molar refractivity (Wildman–Crippen MR) is 87.0 cm³/mol. The second kappa shape index (κ2) is 8.33. The summed E-state index contributed by atoms with van der Waals surface area (Å²) in [5.74, 6) is -0.137. The molecule has 0 fully saturated rings. The molecule has 0 saturated heterocycles. The van der Waals surface area contributed by atoms with Crippen molar-refractivity contribution in [1.82, 2.24) is 10.6 Å². The highest BCUT2D eigenvalue weighted by atomic mass is 16.6. The van der Waals surface area contributed by atoms with E-state index in [1.165, 1.54) is 12.1 Å². The van der Waals surface area contributed by atoms with E-state index in [0.29, 0.717) is 12.2 Å². The van der Waals surface area contributed by atoms with Crippen LogP contribution in [0, 0.1) is 10.1 Å². The van der Waals surface area contributed by atoms with E-state index < -0.39 is 4.92 Å². The largest absolute Gasteiger partial charge is 0.376 e. The van der Waals surface area contributed by atoms with Crippen LogP contribution in [0.1, 0.15) is 27.2 Å². The van der Waals surface area contributed by atoms with E-state index in [4.69, 9.17) is 0 Å². The molecule has 1 rings (SSSR count). The second-order valence-corrected chi connectivity index (χ2v) is 6.04. The third-order valence-corrected chi connectivity index (χ3v) is 2.84. The summed E-state index contributed by atoms with van der Waals surface area (Å²) in [6, 6.07) is 6.08. The highest BCUT2D eigenvalue weighted by Crippen LogP contribution is 2.16. The molecule has 0 heterocycles. The van der Waals surface area contributed by atoms with Crippen molar-refractivity contribution in [1.29, 1.82) is 0 Å². The first-order chi connectivity index (χ1) is 10.3. The summed E-state index contributed by atoms with van der Waals surface area (Å²) in [5, 5.41) is 19.7. The molecule has 0 aliphatic heterocycles. The average Bonchev–Trinajstić information content (AvgIpc) is 2.44. The number of anilines is 1. The Morgan fingerprint density at radius 1 is 1.27 bits per heavy atom. The first-order valence-corrected chi connectivity index (χ1v) is 7.28. The Hall–Kier alpha value is -2.15. The van der Waals surface area contributed by atoms with Crippen LogP contribution in [0.5, 0.6) is 0 Å². The zero-order valence-corrected chi connectivity index (χ0v) is 13.3. The van der Waals surface area contributed by atoms with Crippen LogP contribution in [0.3, 0.4) is 0 Å². The number of hydrogen-bond donors (Lipinski definition) is 3. The zero-order valence-electron chi connectivity index (χ0n) is 13.3. The maximum Gasteiger partial charge on any atom is 0.271 e. The maximum atomic E-state index is 11.7. The van der Waals surface area contributed by atoms with Crippen molar-refractivity contribution in [3.63, 3.8) is 0 Å². The number of benzene rings is 1. The third kappa shape index (κ3) is 7.58. The molecular weight excluding hydrogens is 284 g/mol. The second-order valence-electron chi connectivity index (χ2n) is 6.04. The summed E-state index contributed by atoms with van der Waals surface area (Å²) < 4.78 is 0. The minimum atomic E-state index is -0.465. The molecule has 7 heteroatoms. The lowest BCUT2D eigenvalue weighted by atomic mass is 10.1. The molecule has 122 valence electrons. The quantitative estimate of drug-likeness (QED) is 0.387. The standard InChI is InChI=1S/C15H24N4O3/c1-15(2,3)18-9-5-8-16-14(20)11-17-12-6-4-7-13(10-12)19(21)22/h4,6-7,10,17-18H,5,8-9,11H2,1-3H3,(H,16,20). The summed E-state index contributed by atoms with van der Waals surface area (Å²) in [4.78, 5) is 21.9. The number of rotatable bonds is 8. The number of nitrogens with one attached hydrogen (secondary N) is 3. The van der Waals surface area contributed by atoms with Gasteiger partial charge in [-0.25, -0.2) is 0 Å². The van der Waals surface area contributed by atoms with Gasteiger partial charge < -0.3 is 16.0 Å². The van der Waals surface area contributed by atoms with E-state index in [1.54, 1.807) is 12.1 Å². The fourth-order valence-electron chi connectivity index (χ4n) is 1.75. The number of nitro benzene ring substituents is 1. The number of amides is 1. The Bertz CT molecular complexity index is 512. The Labute approximate surface area is 130 Å². The summed E-state index contributed by atoms with van der Waals surface area (Å²) in [6.45, 7) is 7.80. The number of nitro groups is 1. The first-order valence-electron chi connectivity index (χ1n) is 7.28. The Kier molecular flexibility index (Phi) is 6.78. The molecule has 0 unspecified atom stereocenters. The van der Waals surface area contributed by atoms with Gasteiger partial charge in [-0.15, -0.1) is 0 Å². The first kappa shape index (κ1) is 17.9. The van der Waals surface area contributed by atoms with Crippen molar-refractivity contribution in [3.05, 3.63) is 34.4 Å². The van der Waals surface area contributed by atoms with Crippen LogP contribution in [0.4, 0.5) is 11.4 Å². The van der Waals surface area contributed by atoms with Gasteiger partial charge in [0.15, 0.2) is 0 Å². The van der Waals surface area contributed by atoms with Crippen LogP contribution in [0.25, 0.3) is 0 Å². The average molecular weight is 308 g/mol. The van der Waals surface area contributed by atoms with E-state index in [0.717, 1.165) is 13.0 Å². The normalized spacial score (nSPS) is 11.0. The van der Waals surface area contributed by atoms with Gasteiger partial charge in [-0.3, -0.25) is 14.9 Å². The number of hydrogen-bond acceptors (Lipinski definition) is 5. The number of nitrogens with zero attached hydrogens (tertiary/aromatic N) is 1. The van der Waals surface area contributed by atoms with Crippen LogP contribution in [-0.4, -0.2) is 36.0 Å². The van der Waals surface area contributed by atoms with Gasteiger partial charge >= 0.3 is 0 Å². The monoisotopic (exact) mass is 308 g/mol. The number of carbonyl (C=O) groups excluding carboxylic acids is 1. The molecule has 7 nitrogen and oxygen atoms in total. The third-order valence-electron chi connectivity index (χ3n) is 2.84. The Balaban J connectivity index is 2.23. The highest BCUT2D eigenvalue weighted by molar-refractivity contribution is 5.80. The molecule has 0 bridgehead atoms. The maximum absolute atomic E-state index is 11.7. The molecule has 3 N–H and O–H groups in total. The molecule has 1 aromatic carbocycles. The van der Waals surface area contributed by atoms with Gasteiger partial charge in [0.25, 0.3) is 5.69 Å². The van der Waals surface area contributed by atoms with E-state index in [-0.39, 0.29) is 23.7 Å². The predicted octanol–water partition coefficient (Wildman–Crippen LogP) is 1.90. The van der Waals surface area contributed by atoms with E-state index in [2.05, 4.69) is 36.7 Å². The van der Waals surface area contributed by atoms with E-state index in [9.17, 15) is 14.9 Å². The fourth-order valence-corrected chi connectivity index (χ4v) is 1.75. The number of carbonyl (C=O) groups is 1. The summed E-state index contributed by atoms with van der Waals surface area (Å²) in [6.07, 6.45) is 0.847. The zero-order chi connectivity index (χ0) is 16.6. The molecule has 0 aromatic heterocycles. The van der Waals surface area contributed by atoms with Crippen LogP contribution in [0.15, 0.2) is 24.3 Å². The van der Waals surface area contributed by atoms with Crippen molar-refractivity contribution in [2.24, 2.45) is 0 Å². The van der Waals surface area contributed by atoms with Gasteiger partial charge in [-0.1, -0.05) is 6.07 Å². The van der Waals surface area contributed by atoms with Crippen LogP contribution < -0.4 is 16.0 Å². The van der Waals surface area contributed by atoms with Crippen molar-refractivity contribution >= 4 is 17.3 Å². The number of non-ortho nitro benzene ring substituents is 1. The van der Waals surface area contributed by atoms with Crippen molar-refractivity contribution in [2.75, 3.05) is 25.0 Å². The topological polar surface area (TPSA) is 96.3 Å². The molecule has 22 heavy (non-hydrogen) atoms. The molecule has 0 saturated carbocycles. The van der Waals surface area contributed by atoms with Crippen molar-refractivity contribution < 1.29 is 9.72 Å². The smallest absolute Gasteiger partial charge is 0.271 e. The van der Waals surface area contributed by atoms with E-state index in [1.807, 2.05) is 0 Å². The fraction of sp³-hybridized carbons (Fsp3) is 0.533. The minimum Gasteiger partial charge on any atom is -0.376 e.